The van der Waals surface area contributed by atoms with Crippen LogP contribution in [-0.2, 0) is 33.5 Å². The number of rotatable bonds is 6. The number of carbonyl (C=O) groups excluding carboxylic acids is 1. The molecule has 0 heterocycles. The number of nitrogens with one attached hydrogen (secondary N) is 1. The van der Waals surface area contributed by atoms with E-state index in [4.69, 9.17) is 5.73 Å². The Balaban J connectivity index is 1.96. The monoisotopic (exact) mass is 396 g/mol. The van der Waals surface area contributed by atoms with Crippen molar-refractivity contribution in [2.24, 2.45) is 5.73 Å². The van der Waals surface area contributed by atoms with E-state index in [1.165, 1.54) is 0 Å². The summed E-state index contributed by atoms with van der Waals surface area (Å²) in [6.07, 6.45) is 0.00438. The van der Waals surface area contributed by atoms with Crippen LogP contribution < -0.4 is 10.5 Å². The van der Waals surface area contributed by atoms with Crippen molar-refractivity contribution in [1.29, 1.82) is 0 Å². The van der Waals surface area contributed by atoms with E-state index in [2.05, 4.69) is 20.7 Å². The predicted octanol–water partition coefficient (Wildman–Crippen LogP) is 2.10. The summed E-state index contributed by atoms with van der Waals surface area (Å²) in [5.74, 6) is -0.791. The Morgan fingerprint density at radius 3 is 2.04 bits per heavy atom. The molecular weight excluding hydrogens is 380 g/mol. The number of nitrogens with two attached hydrogens (primary N) is 1. The highest BCUT2D eigenvalue weighted by molar-refractivity contribution is 9.10. The van der Waals surface area contributed by atoms with Gasteiger partial charge in [-0.25, -0.2) is 8.42 Å². The molecule has 2 rings (SSSR count). The van der Waals surface area contributed by atoms with Gasteiger partial charge >= 0.3 is 0 Å². The van der Waals surface area contributed by atoms with E-state index < -0.39 is 15.9 Å². The molecule has 122 valence electrons. The van der Waals surface area contributed by atoms with Crippen molar-refractivity contribution in [3.8, 4) is 0 Å². The Hall–Kier alpha value is -1.70. The van der Waals surface area contributed by atoms with Gasteiger partial charge < -0.3 is 5.73 Å². The van der Waals surface area contributed by atoms with Gasteiger partial charge in [-0.05, 0) is 28.8 Å². The Morgan fingerprint density at radius 2 is 1.48 bits per heavy atom. The van der Waals surface area contributed by atoms with Gasteiger partial charge in [0.15, 0.2) is 0 Å². The number of hydrogen-bond acceptors (Lipinski definition) is 4. The molecule has 7 heteroatoms. The SMILES string of the molecule is NCc1ccc(CC(=O)NS(=O)(=O)Cc2ccc(Br)cc2)cc1. The molecule has 5 nitrogen and oxygen atoms in total. The molecule has 0 aromatic heterocycles. The summed E-state index contributed by atoms with van der Waals surface area (Å²) in [7, 11) is -3.71. The summed E-state index contributed by atoms with van der Waals surface area (Å²) in [6.45, 7) is 0.425. The van der Waals surface area contributed by atoms with Crippen LogP contribution in [0.25, 0.3) is 0 Å². The molecule has 0 bridgehead atoms. The van der Waals surface area contributed by atoms with Gasteiger partial charge in [-0.3, -0.25) is 9.52 Å². The number of amides is 1. The summed E-state index contributed by atoms with van der Waals surface area (Å²) in [6, 6.07) is 14.1. The maximum absolute atomic E-state index is 12.0. The molecule has 3 N–H and O–H groups in total. The van der Waals surface area contributed by atoms with E-state index in [1.807, 2.05) is 12.1 Å². The molecule has 1 amide bonds. The second-order valence-electron chi connectivity index (χ2n) is 5.11. The first-order chi connectivity index (χ1) is 10.9. The van der Waals surface area contributed by atoms with Crippen LogP contribution in [0.1, 0.15) is 16.7 Å². The van der Waals surface area contributed by atoms with Crippen LogP contribution in [0, 0.1) is 0 Å². The van der Waals surface area contributed by atoms with Gasteiger partial charge in [0.25, 0.3) is 0 Å². The molecule has 0 aliphatic rings. The van der Waals surface area contributed by atoms with Gasteiger partial charge in [-0.15, -0.1) is 0 Å². The van der Waals surface area contributed by atoms with Crippen molar-refractivity contribution < 1.29 is 13.2 Å². The van der Waals surface area contributed by atoms with Gasteiger partial charge in [-0.2, -0.15) is 0 Å². The molecular formula is C16H17BrN2O3S. The zero-order valence-electron chi connectivity index (χ0n) is 12.3. The first-order valence-electron chi connectivity index (χ1n) is 6.93. The van der Waals surface area contributed by atoms with Crippen LogP contribution in [0.2, 0.25) is 0 Å². The molecule has 0 aliphatic carbocycles. The third-order valence-electron chi connectivity index (χ3n) is 3.16. The fourth-order valence-corrected chi connectivity index (χ4v) is 3.41. The number of halogens is 1. The second kappa shape index (κ2) is 7.72. The molecule has 0 saturated heterocycles. The minimum Gasteiger partial charge on any atom is -0.326 e. The zero-order valence-corrected chi connectivity index (χ0v) is 14.7. The van der Waals surface area contributed by atoms with Crippen molar-refractivity contribution in [1.82, 2.24) is 4.72 Å². The third kappa shape index (κ3) is 5.78. The summed E-state index contributed by atoms with van der Waals surface area (Å²) >= 11 is 3.29. The smallest absolute Gasteiger partial charge is 0.239 e. The lowest BCUT2D eigenvalue weighted by Crippen LogP contribution is -2.32. The first kappa shape index (κ1) is 17.7. The fraction of sp³-hybridized carbons (Fsp3) is 0.188. The van der Waals surface area contributed by atoms with Crippen LogP contribution in [-0.4, -0.2) is 14.3 Å². The maximum atomic E-state index is 12.0. The highest BCUT2D eigenvalue weighted by Crippen LogP contribution is 2.12. The van der Waals surface area contributed by atoms with Gasteiger partial charge in [0, 0.05) is 11.0 Å². The number of benzene rings is 2. The van der Waals surface area contributed by atoms with E-state index in [1.54, 1.807) is 36.4 Å². The highest BCUT2D eigenvalue weighted by atomic mass is 79.9. The van der Waals surface area contributed by atoms with Crippen molar-refractivity contribution in [3.63, 3.8) is 0 Å². The van der Waals surface area contributed by atoms with Gasteiger partial charge in [-0.1, -0.05) is 52.3 Å². The molecule has 0 unspecified atom stereocenters. The van der Waals surface area contributed by atoms with Gasteiger partial charge in [0.05, 0.1) is 12.2 Å². The number of sulfonamides is 1. The molecule has 2 aromatic rings. The van der Waals surface area contributed by atoms with Crippen molar-refractivity contribution in [2.45, 2.75) is 18.7 Å². The average molecular weight is 397 g/mol. The largest absolute Gasteiger partial charge is 0.326 e. The summed E-state index contributed by atoms with van der Waals surface area (Å²) in [5.41, 5.74) is 7.81. The number of carbonyl (C=O) groups is 1. The highest BCUT2D eigenvalue weighted by Gasteiger charge is 2.15. The quantitative estimate of drug-likeness (QED) is 0.781. The molecule has 0 aliphatic heterocycles. The number of hydrogen-bond donors (Lipinski definition) is 2. The molecule has 23 heavy (non-hydrogen) atoms. The van der Waals surface area contributed by atoms with E-state index >= 15 is 0 Å². The normalized spacial score (nSPS) is 11.2. The molecule has 0 fully saturated rings. The van der Waals surface area contributed by atoms with E-state index in [-0.39, 0.29) is 12.2 Å². The van der Waals surface area contributed by atoms with Crippen molar-refractivity contribution >= 4 is 31.9 Å². The van der Waals surface area contributed by atoms with E-state index in [9.17, 15) is 13.2 Å². The minimum atomic E-state index is -3.71. The average Bonchev–Trinajstić information content (AvgIpc) is 2.49. The van der Waals surface area contributed by atoms with Crippen LogP contribution >= 0.6 is 15.9 Å². The first-order valence-corrected chi connectivity index (χ1v) is 9.38. The second-order valence-corrected chi connectivity index (χ2v) is 7.75. The zero-order chi connectivity index (χ0) is 16.9. The summed E-state index contributed by atoms with van der Waals surface area (Å²) in [4.78, 5) is 11.9. The minimum absolute atomic E-state index is 0.00438. The molecule has 0 radical (unpaired) electrons. The predicted molar refractivity (Wildman–Crippen MR) is 92.9 cm³/mol. The molecule has 0 spiro atoms. The van der Waals surface area contributed by atoms with Crippen LogP contribution in [0.4, 0.5) is 0 Å². The standard InChI is InChI=1S/C16H17BrN2O3S/c17-15-7-5-14(6-8-15)11-23(21,22)19-16(20)9-12-1-3-13(10-18)4-2-12/h1-8H,9-11,18H2,(H,19,20). The third-order valence-corrected chi connectivity index (χ3v) is 4.94. The maximum Gasteiger partial charge on any atom is 0.239 e. The molecule has 0 atom stereocenters. The Morgan fingerprint density at radius 1 is 0.957 bits per heavy atom. The van der Waals surface area contributed by atoms with Gasteiger partial charge in [0.1, 0.15) is 0 Å². The Bertz CT molecular complexity index is 772. The van der Waals surface area contributed by atoms with Crippen LogP contribution in [0.5, 0.6) is 0 Å². The van der Waals surface area contributed by atoms with Crippen molar-refractivity contribution in [2.75, 3.05) is 0 Å². The molecule has 0 saturated carbocycles. The lowest BCUT2D eigenvalue weighted by molar-refractivity contribution is -0.118. The molecule has 2 aromatic carbocycles. The van der Waals surface area contributed by atoms with Crippen LogP contribution in [0.15, 0.2) is 53.0 Å². The topological polar surface area (TPSA) is 89.3 Å². The lowest BCUT2D eigenvalue weighted by atomic mass is 10.1. The van der Waals surface area contributed by atoms with E-state index in [0.29, 0.717) is 12.1 Å². The fourth-order valence-electron chi connectivity index (χ4n) is 2.02. The Kier molecular flexibility index (Phi) is 5.92. The summed E-state index contributed by atoms with van der Waals surface area (Å²) in [5, 5.41) is 0. The van der Waals surface area contributed by atoms with Crippen LogP contribution in [0.3, 0.4) is 0 Å². The van der Waals surface area contributed by atoms with E-state index in [0.717, 1.165) is 15.6 Å². The van der Waals surface area contributed by atoms with Crippen molar-refractivity contribution in [3.05, 3.63) is 69.7 Å². The Labute approximate surface area is 144 Å². The van der Waals surface area contributed by atoms with Gasteiger partial charge in [0.2, 0.25) is 15.9 Å². The lowest BCUT2D eigenvalue weighted by Gasteiger charge is -2.08. The summed E-state index contributed by atoms with van der Waals surface area (Å²) < 4.78 is 27.0.